The van der Waals surface area contributed by atoms with E-state index in [0.717, 1.165) is 31.2 Å². The van der Waals surface area contributed by atoms with Gasteiger partial charge in [-0.1, -0.05) is 12.1 Å². The van der Waals surface area contributed by atoms with Crippen LogP contribution in [0.25, 0.3) is 0 Å². The minimum absolute atomic E-state index is 0.0399. The molecule has 2 fully saturated rings. The molecule has 1 aromatic carbocycles. The van der Waals surface area contributed by atoms with E-state index in [2.05, 4.69) is 20.8 Å². The molecule has 1 aromatic heterocycles. The van der Waals surface area contributed by atoms with Crippen LogP contribution in [-0.2, 0) is 10.2 Å². The minimum atomic E-state index is -0.528. The van der Waals surface area contributed by atoms with Crippen LogP contribution in [0.5, 0.6) is 0 Å². The summed E-state index contributed by atoms with van der Waals surface area (Å²) in [5.74, 6) is 0.361. The lowest BCUT2D eigenvalue weighted by Gasteiger charge is -2.19. The average molecular weight is 315 g/mol. The lowest BCUT2D eigenvalue weighted by Crippen LogP contribution is -2.37. The van der Waals surface area contributed by atoms with Crippen molar-refractivity contribution in [1.29, 1.82) is 0 Å². The molecule has 1 atom stereocenters. The molecule has 2 saturated carbocycles. The van der Waals surface area contributed by atoms with Crippen LogP contribution in [0.1, 0.15) is 56.1 Å². The van der Waals surface area contributed by atoms with Crippen LogP contribution in [0.3, 0.4) is 0 Å². The number of halogens is 1. The molecule has 0 spiro atoms. The highest BCUT2D eigenvalue weighted by atomic mass is 19.1. The van der Waals surface area contributed by atoms with Gasteiger partial charge in [0.25, 0.3) is 0 Å². The Bertz CT molecular complexity index is 733. The van der Waals surface area contributed by atoms with Gasteiger partial charge in [0.15, 0.2) is 5.82 Å². The average Bonchev–Trinajstić information content (AvgIpc) is 3.46. The van der Waals surface area contributed by atoms with Crippen molar-refractivity contribution in [3.63, 3.8) is 0 Å². The van der Waals surface area contributed by atoms with Gasteiger partial charge in [0, 0.05) is 0 Å². The first-order chi connectivity index (χ1) is 11.1. The van der Waals surface area contributed by atoms with E-state index in [1.165, 1.54) is 12.1 Å². The Hall–Kier alpha value is -2.31. The van der Waals surface area contributed by atoms with Crippen molar-refractivity contribution in [2.45, 2.75) is 50.1 Å². The third-order valence-electron chi connectivity index (χ3n) is 4.73. The molecule has 23 heavy (non-hydrogen) atoms. The molecule has 0 radical (unpaired) electrons. The van der Waals surface area contributed by atoms with Gasteiger partial charge in [0.1, 0.15) is 5.82 Å². The number of nitrogens with zero attached hydrogens (tertiary/aromatic N) is 4. The zero-order valence-electron chi connectivity index (χ0n) is 12.9. The highest BCUT2D eigenvalue weighted by Gasteiger charge is 2.51. The molecule has 0 bridgehead atoms. The van der Waals surface area contributed by atoms with Crippen LogP contribution >= 0.6 is 0 Å². The summed E-state index contributed by atoms with van der Waals surface area (Å²) < 4.78 is 14.9. The number of benzene rings is 1. The maximum atomic E-state index is 13.1. The first-order valence-corrected chi connectivity index (χ1v) is 7.95. The Balaban J connectivity index is 1.51. The van der Waals surface area contributed by atoms with Crippen LogP contribution in [0.2, 0.25) is 0 Å². The van der Waals surface area contributed by atoms with Crippen molar-refractivity contribution in [1.82, 2.24) is 25.5 Å². The Labute approximate surface area is 133 Å². The van der Waals surface area contributed by atoms with Crippen LogP contribution in [0.15, 0.2) is 24.3 Å². The summed E-state index contributed by atoms with van der Waals surface area (Å²) in [6.45, 7) is 1.89. The molecule has 4 rings (SSSR count). The van der Waals surface area contributed by atoms with Crippen molar-refractivity contribution >= 4 is 5.91 Å². The van der Waals surface area contributed by atoms with Crippen molar-refractivity contribution in [3.05, 3.63) is 41.5 Å². The molecule has 2 aromatic rings. The van der Waals surface area contributed by atoms with Crippen LogP contribution in [0, 0.1) is 5.82 Å². The monoisotopic (exact) mass is 315 g/mol. The molecular formula is C16H18FN5O. The molecule has 2 aliphatic rings. The number of hydrogen-bond acceptors (Lipinski definition) is 4. The van der Waals surface area contributed by atoms with Crippen molar-refractivity contribution in [2.24, 2.45) is 0 Å². The van der Waals surface area contributed by atoms with Crippen molar-refractivity contribution in [3.8, 4) is 0 Å². The van der Waals surface area contributed by atoms with Crippen LogP contribution in [-0.4, -0.2) is 26.1 Å². The van der Waals surface area contributed by atoms with E-state index in [-0.39, 0.29) is 17.8 Å². The zero-order valence-corrected chi connectivity index (χ0v) is 12.9. The van der Waals surface area contributed by atoms with Crippen molar-refractivity contribution < 1.29 is 9.18 Å². The maximum Gasteiger partial charge on any atom is 0.231 e. The lowest BCUT2D eigenvalue weighted by atomic mass is 9.94. The summed E-state index contributed by atoms with van der Waals surface area (Å²) in [4.78, 5) is 12.7. The second kappa shape index (κ2) is 5.11. The fourth-order valence-electron chi connectivity index (χ4n) is 3.00. The summed E-state index contributed by atoms with van der Waals surface area (Å²) in [7, 11) is 0. The molecule has 0 saturated heterocycles. The van der Waals surface area contributed by atoms with E-state index < -0.39 is 5.41 Å². The van der Waals surface area contributed by atoms with Crippen molar-refractivity contribution in [2.75, 3.05) is 0 Å². The molecule has 6 nitrogen and oxygen atoms in total. The first kappa shape index (κ1) is 14.3. The Morgan fingerprint density at radius 2 is 2.04 bits per heavy atom. The van der Waals surface area contributed by atoms with Gasteiger partial charge >= 0.3 is 0 Å². The highest BCUT2D eigenvalue weighted by Crippen LogP contribution is 2.48. The van der Waals surface area contributed by atoms with Gasteiger partial charge in [-0.15, -0.1) is 5.10 Å². The molecule has 1 heterocycles. The number of aromatic nitrogens is 4. The quantitative estimate of drug-likeness (QED) is 0.916. The highest BCUT2D eigenvalue weighted by molar-refractivity contribution is 5.91. The number of carbonyl (C=O) groups excluding carboxylic acids is 1. The van der Waals surface area contributed by atoms with E-state index in [9.17, 15) is 9.18 Å². The van der Waals surface area contributed by atoms with Crippen LogP contribution in [0.4, 0.5) is 4.39 Å². The molecule has 120 valence electrons. The molecule has 0 unspecified atom stereocenters. The number of hydrogen-bond donors (Lipinski definition) is 1. The largest absolute Gasteiger partial charge is 0.346 e. The Morgan fingerprint density at radius 3 is 2.65 bits per heavy atom. The summed E-state index contributed by atoms with van der Waals surface area (Å²) in [5.41, 5.74) is 0.338. The number of nitrogens with one attached hydrogen (secondary N) is 1. The third kappa shape index (κ3) is 2.50. The Kier molecular flexibility index (Phi) is 3.18. The van der Waals surface area contributed by atoms with Gasteiger partial charge in [-0.25, -0.2) is 9.07 Å². The molecule has 1 N–H and O–H groups in total. The van der Waals surface area contributed by atoms with Gasteiger partial charge in [0.05, 0.1) is 17.5 Å². The second-order valence-corrected chi connectivity index (χ2v) is 6.50. The van der Waals surface area contributed by atoms with E-state index >= 15 is 0 Å². The van der Waals surface area contributed by atoms with Crippen LogP contribution < -0.4 is 5.32 Å². The summed E-state index contributed by atoms with van der Waals surface area (Å²) in [6.07, 6.45) is 3.73. The first-order valence-electron chi connectivity index (χ1n) is 7.95. The smallest absolute Gasteiger partial charge is 0.231 e. The normalized spacial score (nSPS) is 20.1. The zero-order chi connectivity index (χ0) is 16.0. The molecule has 2 aliphatic carbocycles. The van der Waals surface area contributed by atoms with Gasteiger partial charge < -0.3 is 5.32 Å². The number of rotatable bonds is 5. The van der Waals surface area contributed by atoms with E-state index in [1.807, 2.05) is 11.6 Å². The predicted molar refractivity (Wildman–Crippen MR) is 80.0 cm³/mol. The molecule has 0 aliphatic heterocycles. The molecular weight excluding hydrogens is 297 g/mol. The Morgan fingerprint density at radius 1 is 1.35 bits per heavy atom. The third-order valence-corrected chi connectivity index (χ3v) is 4.73. The summed E-state index contributed by atoms with van der Waals surface area (Å²) in [6, 6.07) is 6.31. The van der Waals surface area contributed by atoms with E-state index in [0.29, 0.717) is 11.9 Å². The fraction of sp³-hybridized carbons (Fsp3) is 0.500. The fourth-order valence-corrected chi connectivity index (χ4v) is 3.00. The SMILES string of the molecule is C[C@H](NC(=O)C1(c2ccc(F)cc2)CC1)c1nnnn1C1CC1. The molecule has 1 amide bonds. The minimum Gasteiger partial charge on any atom is -0.346 e. The maximum absolute atomic E-state index is 13.1. The lowest BCUT2D eigenvalue weighted by molar-refractivity contribution is -0.124. The van der Waals surface area contributed by atoms with Gasteiger partial charge in [-0.05, 0) is 60.7 Å². The van der Waals surface area contributed by atoms with Gasteiger partial charge in [-0.3, -0.25) is 4.79 Å². The number of carbonyl (C=O) groups is 1. The van der Waals surface area contributed by atoms with E-state index in [1.54, 1.807) is 12.1 Å². The molecule has 7 heteroatoms. The van der Waals surface area contributed by atoms with Gasteiger partial charge in [0.2, 0.25) is 5.91 Å². The summed E-state index contributed by atoms with van der Waals surface area (Å²) in [5, 5.41) is 14.8. The van der Waals surface area contributed by atoms with E-state index in [4.69, 9.17) is 0 Å². The summed E-state index contributed by atoms with van der Waals surface area (Å²) >= 11 is 0. The predicted octanol–water partition coefficient (Wildman–Crippen LogP) is 2.06. The topological polar surface area (TPSA) is 72.7 Å². The second-order valence-electron chi connectivity index (χ2n) is 6.50. The number of tetrazole rings is 1. The standard InChI is InChI=1S/C16H18FN5O/c1-10(14-19-20-21-22(14)13-6-7-13)18-15(23)16(8-9-16)11-2-4-12(17)5-3-11/h2-5,10,13H,6-9H2,1H3,(H,18,23)/t10-/m0/s1. The number of amides is 1. The van der Waals surface area contributed by atoms with Gasteiger partial charge in [-0.2, -0.15) is 0 Å².